The average Bonchev–Trinajstić information content (AvgIpc) is 3.14. The number of nitrogens with two attached hydrogens (primary N) is 1. The molecule has 0 spiro atoms. The summed E-state index contributed by atoms with van der Waals surface area (Å²) in [5.74, 6) is -2.07. The number of nitrogen functional groups attached to an aromatic ring is 1. The molecule has 0 aliphatic carbocycles. The molecule has 1 unspecified atom stereocenters. The number of allylic oxidation sites excluding steroid dienone is 1. The first kappa shape index (κ1) is 23.7. The number of hydrogen-bond donors (Lipinski definition) is 3. The van der Waals surface area contributed by atoms with Crippen molar-refractivity contribution in [2.24, 2.45) is 5.16 Å². The first-order chi connectivity index (χ1) is 15.0. The molecule has 0 aromatic carbocycles. The van der Waals surface area contributed by atoms with Crippen molar-refractivity contribution in [2.75, 3.05) is 46.3 Å². The van der Waals surface area contributed by atoms with Crippen molar-refractivity contribution in [1.29, 1.82) is 0 Å². The van der Waals surface area contributed by atoms with Crippen LogP contribution in [0.3, 0.4) is 0 Å². The lowest BCUT2D eigenvalue weighted by Gasteiger charge is -2.49. The second-order valence-corrected chi connectivity index (χ2v) is 9.88. The van der Waals surface area contributed by atoms with E-state index < -0.39 is 29.2 Å². The molecule has 4 N–H and O–H groups in total. The highest BCUT2D eigenvalue weighted by Crippen LogP contribution is 2.40. The zero-order valence-corrected chi connectivity index (χ0v) is 19.6. The van der Waals surface area contributed by atoms with Crippen molar-refractivity contribution in [3.05, 3.63) is 29.2 Å². The fourth-order valence-corrected chi connectivity index (χ4v) is 4.85. The van der Waals surface area contributed by atoms with Gasteiger partial charge in [0.15, 0.2) is 5.13 Å². The molecule has 3 rings (SSSR count). The van der Waals surface area contributed by atoms with E-state index >= 15 is 0 Å². The normalized spacial score (nSPS) is 21.4. The predicted molar refractivity (Wildman–Crippen MR) is 120 cm³/mol. The molecule has 1 aromatic heterocycles. The minimum atomic E-state index is -1.19. The van der Waals surface area contributed by atoms with E-state index in [2.05, 4.69) is 19.8 Å². The molecule has 172 valence electrons. The number of aromatic nitrogens is 2. The molecule has 14 heteroatoms. The number of fused-ring (bicyclic) bond motifs is 1. The van der Waals surface area contributed by atoms with Gasteiger partial charge in [-0.05, 0) is 11.6 Å². The zero-order valence-electron chi connectivity index (χ0n) is 17.9. The number of aliphatic carboxylic acids is 1. The lowest BCUT2D eigenvalue weighted by Crippen LogP contribution is -2.71. The largest absolute Gasteiger partial charge is 0.477 e. The van der Waals surface area contributed by atoms with Gasteiger partial charge in [-0.2, -0.15) is 9.36 Å². The quantitative estimate of drug-likeness (QED) is 0.191. The van der Waals surface area contributed by atoms with Crippen LogP contribution in [0.4, 0.5) is 5.13 Å². The first-order valence-corrected chi connectivity index (χ1v) is 11.3. The molecule has 3 heterocycles. The van der Waals surface area contributed by atoms with Crippen LogP contribution < -0.4 is 11.1 Å². The van der Waals surface area contributed by atoms with Gasteiger partial charge < -0.3 is 25.5 Å². The van der Waals surface area contributed by atoms with Gasteiger partial charge in [0.25, 0.3) is 11.8 Å². The fraction of sp³-hybridized carbons (Fsp3) is 0.444. The number of quaternary nitrogens is 1. The molecule has 0 bridgehead atoms. The van der Waals surface area contributed by atoms with Crippen molar-refractivity contribution in [1.82, 2.24) is 19.6 Å². The van der Waals surface area contributed by atoms with Crippen molar-refractivity contribution in [3.63, 3.8) is 0 Å². The Morgan fingerprint density at radius 1 is 1.44 bits per heavy atom. The van der Waals surface area contributed by atoms with Crippen LogP contribution in [0.5, 0.6) is 0 Å². The molecular formula is C18H24N7O5S2+. The van der Waals surface area contributed by atoms with Crippen LogP contribution in [0.2, 0.25) is 0 Å². The molecule has 12 nitrogen and oxygen atoms in total. The summed E-state index contributed by atoms with van der Waals surface area (Å²) < 4.78 is 4.62. The van der Waals surface area contributed by atoms with E-state index in [1.165, 1.54) is 23.8 Å². The summed E-state index contributed by atoms with van der Waals surface area (Å²) in [5, 5.41) is 15.6. The van der Waals surface area contributed by atoms with E-state index in [1.807, 2.05) is 27.2 Å². The van der Waals surface area contributed by atoms with Crippen LogP contribution in [-0.4, -0.2) is 99.3 Å². The number of amides is 2. The smallest absolute Gasteiger partial charge is 0.352 e. The number of β-lactam (4-membered cyclic amide) rings is 1. The van der Waals surface area contributed by atoms with E-state index in [4.69, 9.17) is 10.6 Å². The number of likely N-dealkylation sites (N-methyl/N-ethyl adjacent to an activating group) is 1. The SMILES string of the molecule is CON=C(C(=O)NC1C(=O)N2C(C(=O)O)=C(C=CC[N+](C)(C)C)CS[C@@H]12)c1nsc(N)n1. The van der Waals surface area contributed by atoms with Crippen LogP contribution in [0.15, 0.2) is 28.6 Å². The maximum atomic E-state index is 12.8. The van der Waals surface area contributed by atoms with Crippen LogP contribution in [0.1, 0.15) is 5.82 Å². The number of carboxylic acid groups (broad SMARTS) is 1. The number of nitrogens with one attached hydrogen (secondary N) is 1. The van der Waals surface area contributed by atoms with Gasteiger partial charge in [-0.15, -0.1) is 11.8 Å². The second-order valence-electron chi connectivity index (χ2n) is 7.99. The van der Waals surface area contributed by atoms with E-state index in [1.54, 1.807) is 6.08 Å². The monoisotopic (exact) mass is 482 g/mol. The Morgan fingerprint density at radius 3 is 2.72 bits per heavy atom. The lowest BCUT2D eigenvalue weighted by molar-refractivity contribution is -0.864. The van der Waals surface area contributed by atoms with E-state index in [-0.39, 0.29) is 22.4 Å². The van der Waals surface area contributed by atoms with Gasteiger partial charge in [-0.3, -0.25) is 14.5 Å². The molecule has 2 aliphatic rings. The molecule has 0 radical (unpaired) electrons. The van der Waals surface area contributed by atoms with Crippen LogP contribution >= 0.6 is 23.3 Å². The van der Waals surface area contributed by atoms with E-state index in [9.17, 15) is 19.5 Å². The van der Waals surface area contributed by atoms with Crippen molar-refractivity contribution >= 4 is 51.9 Å². The third-order valence-electron chi connectivity index (χ3n) is 4.51. The third-order valence-corrected chi connectivity index (χ3v) is 6.36. The summed E-state index contributed by atoms with van der Waals surface area (Å²) in [5.41, 5.74) is 5.81. The van der Waals surface area contributed by atoms with Gasteiger partial charge in [0.2, 0.25) is 11.5 Å². The van der Waals surface area contributed by atoms with Crippen LogP contribution in [0, 0.1) is 0 Å². The standard InChI is InChI=1S/C18H23N7O5S2/c1-25(2,3)7-5-6-9-8-31-16-11(15(27)24(16)12(9)17(28)29)20-14(26)10(22-30-4)13-21-18(19)32-23-13/h5-6,11,16H,7-8H2,1-4H3,(H3-,19,20,21,23,26,28,29)/p+1/t11?,16-/m0/s1. The molecule has 2 amide bonds. The number of thioether (sulfide) groups is 1. The Balaban J connectivity index is 1.78. The Bertz CT molecular complexity index is 1030. The van der Waals surface area contributed by atoms with Crippen LogP contribution in [-0.2, 0) is 19.2 Å². The summed E-state index contributed by atoms with van der Waals surface area (Å²) in [7, 11) is 7.32. The number of carbonyl (C=O) groups is 3. The Morgan fingerprint density at radius 2 is 2.16 bits per heavy atom. The first-order valence-electron chi connectivity index (χ1n) is 9.43. The molecule has 2 atom stereocenters. The van der Waals surface area contributed by atoms with Gasteiger partial charge in [-0.25, -0.2) is 4.79 Å². The molecule has 32 heavy (non-hydrogen) atoms. The molecular weight excluding hydrogens is 458 g/mol. The van der Waals surface area contributed by atoms with E-state index in [0.717, 1.165) is 11.5 Å². The zero-order chi connectivity index (χ0) is 23.6. The summed E-state index contributed by atoms with van der Waals surface area (Å²) in [4.78, 5) is 47.3. The van der Waals surface area contributed by atoms with Gasteiger partial charge in [-0.1, -0.05) is 11.2 Å². The summed E-state index contributed by atoms with van der Waals surface area (Å²) in [6.45, 7) is 0.702. The van der Waals surface area contributed by atoms with Gasteiger partial charge in [0.05, 0.1) is 27.7 Å². The lowest BCUT2D eigenvalue weighted by atomic mass is 10.0. The number of carboxylic acids is 1. The highest BCUT2D eigenvalue weighted by Gasteiger charge is 2.54. The fourth-order valence-electron chi connectivity index (χ4n) is 3.10. The molecule has 1 saturated heterocycles. The van der Waals surface area contributed by atoms with E-state index in [0.29, 0.717) is 22.4 Å². The number of rotatable bonds is 8. The Hall–Kier alpha value is -2.97. The maximum Gasteiger partial charge on any atom is 0.352 e. The summed E-state index contributed by atoms with van der Waals surface area (Å²) in [6.07, 6.45) is 3.64. The van der Waals surface area contributed by atoms with Crippen LogP contribution in [0.25, 0.3) is 0 Å². The second kappa shape index (κ2) is 9.26. The van der Waals surface area contributed by atoms with Gasteiger partial charge in [0.1, 0.15) is 24.2 Å². The number of hydrogen-bond acceptors (Lipinski definition) is 10. The highest BCUT2D eigenvalue weighted by atomic mass is 32.2. The maximum absolute atomic E-state index is 12.8. The topological polar surface area (TPSA) is 160 Å². The van der Waals surface area contributed by atoms with Gasteiger partial charge >= 0.3 is 5.97 Å². The number of oxime groups is 1. The number of nitrogens with zero attached hydrogens (tertiary/aromatic N) is 5. The third kappa shape index (κ3) is 4.92. The van der Waals surface area contributed by atoms with Crippen molar-refractivity contribution in [2.45, 2.75) is 11.4 Å². The predicted octanol–water partition coefficient (Wildman–Crippen LogP) is -0.528. The average molecular weight is 483 g/mol. The Kier molecular flexibility index (Phi) is 6.85. The number of anilines is 1. The van der Waals surface area contributed by atoms with Crippen molar-refractivity contribution in [3.8, 4) is 0 Å². The van der Waals surface area contributed by atoms with Crippen molar-refractivity contribution < 1.29 is 28.8 Å². The molecule has 1 aromatic rings. The summed E-state index contributed by atoms with van der Waals surface area (Å²) in [6, 6.07) is -0.920. The Labute approximate surface area is 192 Å². The number of carbonyl (C=O) groups excluding carboxylic acids is 2. The highest BCUT2D eigenvalue weighted by molar-refractivity contribution is 8.00. The molecule has 1 fully saturated rings. The van der Waals surface area contributed by atoms with Gasteiger partial charge in [0, 0.05) is 17.3 Å². The minimum Gasteiger partial charge on any atom is -0.477 e. The summed E-state index contributed by atoms with van der Waals surface area (Å²) >= 11 is 2.26. The molecule has 0 saturated carbocycles. The molecule has 2 aliphatic heterocycles. The minimum absolute atomic E-state index is 0.0254.